The number of carboxylic acid groups (broad SMARTS) is 1. The highest BCUT2D eigenvalue weighted by Crippen LogP contribution is 2.24. The smallest absolute Gasteiger partial charge is 0.354 e. The molecule has 5 heteroatoms. The largest absolute Gasteiger partial charge is 0.477 e. The molecule has 0 spiro atoms. The zero-order valence-corrected chi connectivity index (χ0v) is 11.3. The van der Waals surface area contributed by atoms with Gasteiger partial charge in [-0.3, -0.25) is 0 Å². The predicted octanol–water partition coefficient (Wildman–Crippen LogP) is 2.51. The van der Waals surface area contributed by atoms with E-state index in [1.54, 1.807) is 12.1 Å². The number of fused-ring (bicyclic) bond motifs is 1. The number of anilines is 1. The maximum Gasteiger partial charge on any atom is 0.354 e. The van der Waals surface area contributed by atoms with Crippen LogP contribution in [0, 0.1) is 0 Å². The Morgan fingerprint density at radius 2 is 2.15 bits per heavy atom. The van der Waals surface area contributed by atoms with Gasteiger partial charge in [0.15, 0.2) is 5.69 Å². The van der Waals surface area contributed by atoms with E-state index in [1.165, 1.54) is 0 Å². The van der Waals surface area contributed by atoms with E-state index < -0.39 is 5.97 Å². The summed E-state index contributed by atoms with van der Waals surface area (Å²) >= 11 is 0. The second-order valence-corrected chi connectivity index (χ2v) is 4.79. The summed E-state index contributed by atoms with van der Waals surface area (Å²) in [6, 6.07) is 9.14. The molecule has 0 fully saturated rings. The maximum absolute atomic E-state index is 11.1. The topological polar surface area (TPSA) is 82.5 Å². The molecule has 1 heterocycles. The number of para-hydroxylation sites is 1. The highest BCUT2D eigenvalue weighted by molar-refractivity contribution is 5.97. The first kappa shape index (κ1) is 14.3. The molecule has 2 aromatic rings. The molecular weight excluding hydrogens is 256 g/mol. The summed E-state index contributed by atoms with van der Waals surface area (Å²) in [6.45, 7) is 2.16. The molecule has 0 saturated carbocycles. The van der Waals surface area contributed by atoms with Gasteiger partial charge in [0.2, 0.25) is 0 Å². The lowest BCUT2D eigenvalue weighted by Crippen LogP contribution is -2.16. The molecule has 2 rings (SSSR count). The summed E-state index contributed by atoms with van der Waals surface area (Å²) in [5.74, 6) is -1.04. The normalized spacial score (nSPS) is 12.3. The third-order valence-electron chi connectivity index (χ3n) is 3.13. The molecule has 0 aliphatic carbocycles. The second kappa shape index (κ2) is 6.34. The quantitative estimate of drug-likeness (QED) is 0.754. The Kier molecular flexibility index (Phi) is 4.53. The van der Waals surface area contributed by atoms with Crippen LogP contribution in [-0.2, 0) is 0 Å². The van der Waals surface area contributed by atoms with Crippen LogP contribution in [0.15, 0.2) is 30.3 Å². The van der Waals surface area contributed by atoms with Gasteiger partial charge in [0, 0.05) is 23.7 Å². The first-order valence-electron chi connectivity index (χ1n) is 6.62. The number of aromatic nitrogens is 1. The van der Waals surface area contributed by atoms with Crippen molar-refractivity contribution >= 4 is 22.6 Å². The fourth-order valence-corrected chi connectivity index (χ4v) is 2.14. The summed E-state index contributed by atoms with van der Waals surface area (Å²) in [4.78, 5) is 15.3. The SMILES string of the molecule is CC(CCCO)Nc1cc(C(=O)O)nc2ccccc12. The van der Waals surface area contributed by atoms with E-state index in [0.717, 1.165) is 17.5 Å². The molecule has 1 aromatic heterocycles. The number of carboxylic acids is 1. The van der Waals surface area contributed by atoms with Crippen LogP contribution >= 0.6 is 0 Å². The van der Waals surface area contributed by atoms with Crippen LogP contribution in [-0.4, -0.2) is 33.8 Å². The summed E-state index contributed by atoms with van der Waals surface area (Å²) < 4.78 is 0. The molecule has 1 aromatic carbocycles. The minimum absolute atomic E-state index is 0.0283. The molecule has 106 valence electrons. The Hall–Kier alpha value is -2.14. The molecule has 0 bridgehead atoms. The van der Waals surface area contributed by atoms with Crippen LogP contribution in [0.1, 0.15) is 30.3 Å². The zero-order chi connectivity index (χ0) is 14.5. The third kappa shape index (κ3) is 3.24. The minimum atomic E-state index is -1.04. The lowest BCUT2D eigenvalue weighted by Gasteiger charge is -2.17. The number of rotatable bonds is 6. The number of aliphatic hydroxyl groups is 1. The van der Waals surface area contributed by atoms with E-state index >= 15 is 0 Å². The number of aliphatic hydroxyl groups excluding tert-OH is 1. The Balaban J connectivity index is 2.37. The van der Waals surface area contributed by atoms with Crippen molar-refractivity contribution in [3.05, 3.63) is 36.0 Å². The fourth-order valence-electron chi connectivity index (χ4n) is 2.14. The van der Waals surface area contributed by atoms with Gasteiger partial charge >= 0.3 is 5.97 Å². The van der Waals surface area contributed by atoms with Crippen molar-refractivity contribution in [1.82, 2.24) is 4.98 Å². The molecule has 5 nitrogen and oxygen atoms in total. The van der Waals surface area contributed by atoms with Crippen molar-refractivity contribution in [2.75, 3.05) is 11.9 Å². The number of pyridine rings is 1. The Morgan fingerprint density at radius 1 is 1.40 bits per heavy atom. The van der Waals surface area contributed by atoms with E-state index in [4.69, 9.17) is 10.2 Å². The molecular formula is C15H18N2O3. The number of hydrogen-bond acceptors (Lipinski definition) is 4. The van der Waals surface area contributed by atoms with Crippen molar-refractivity contribution in [1.29, 1.82) is 0 Å². The number of benzene rings is 1. The van der Waals surface area contributed by atoms with E-state index in [9.17, 15) is 4.79 Å². The molecule has 0 saturated heterocycles. The number of hydrogen-bond donors (Lipinski definition) is 3. The Bertz CT molecular complexity index is 613. The highest BCUT2D eigenvalue weighted by atomic mass is 16.4. The van der Waals surface area contributed by atoms with Crippen LogP contribution in [0.5, 0.6) is 0 Å². The molecule has 20 heavy (non-hydrogen) atoms. The van der Waals surface area contributed by atoms with Crippen LogP contribution < -0.4 is 5.32 Å². The predicted molar refractivity (Wildman–Crippen MR) is 78.1 cm³/mol. The highest BCUT2D eigenvalue weighted by Gasteiger charge is 2.12. The van der Waals surface area contributed by atoms with Crippen molar-refractivity contribution in [2.24, 2.45) is 0 Å². The molecule has 0 aliphatic rings. The fraction of sp³-hybridized carbons (Fsp3) is 0.333. The van der Waals surface area contributed by atoms with E-state index in [-0.39, 0.29) is 18.3 Å². The van der Waals surface area contributed by atoms with Gasteiger partial charge in [0.05, 0.1) is 5.52 Å². The van der Waals surface area contributed by atoms with Crippen molar-refractivity contribution in [2.45, 2.75) is 25.8 Å². The van der Waals surface area contributed by atoms with Gasteiger partial charge in [0.1, 0.15) is 0 Å². The third-order valence-corrected chi connectivity index (χ3v) is 3.13. The molecule has 3 N–H and O–H groups in total. The van der Waals surface area contributed by atoms with Crippen LogP contribution in [0.3, 0.4) is 0 Å². The van der Waals surface area contributed by atoms with Crippen molar-refractivity contribution in [3.63, 3.8) is 0 Å². The van der Waals surface area contributed by atoms with Gasteiger partial charge in [-0.1, -0.05) is 18.2 Å². The lowest BCUT2D eigenvalue weighted by molar-refractivity contribution is 0.0691. The van der Waals surface area contributed by atoms with Gasteiger partial charge in [-0.2, -0.15) is 0 Å². The molecule has 1 unspecified atom stereocenters. The number of nitrogens with zero attached hydrogens (tertiary/aromatic N) is 1. The summed E-state index contributed by atoms with van der Waals surface area (Å²) in [5, 5.41) is 22.2. The lowest BCUT2D eigenvalue weighted by atomic mass is 10.1. The molecule has 0 aliphatic heterocycles. The average molecular weight is 274 g/mol. The Labute approximate surface area is 117 Å². The van der Waals surface area contributed by atoms with Crippen LogP contribution in [0.25, 0.3) is 10.9 Å². The van der Waals surface area contributed by atoms with Crippen LogP contribution in [0.4, 0.5) is 5.69 Å². The van der Waals surface area contributed by atoms with Gasteiger partial charge in [-0.15, -0.1) is 0 Å². The second-order valence-electron chi connectivity index (χ2n) is 4.79. The monoisotopic (exact) mass is 274 g/mol. The standard InChI is InChI=1S/C15H18N2O3/c1-10(5-4-8-18)16-13-9-14(15(19)20)17-12-7-3-2-6-11(12)13/h2-3,6-7,9-10,18H,4-5,8H2,1H3,(H,16,17)(H,19,20). The molecule has 1 atom stereocenters. The van der Waals surface area contributed by atoms with E-state index in [0.29, 0.717) is 11.9 Å². The van der Waals surface area contributed by atoms with Crippen molar-refractivity contribution in [3.8, 4) is 0 Å². The average Bonchev–Trinajstić information content (AvgIpc) is 2.44. The summed E-state index contributed by atoms with van der Waals surface area (Å²) in [5.41, 5.74) is 1.45. The Morgan fingerprint density at radius 3 is 2.85 bits per heavy atom. The molecule has 0 radical (unpaired) electrons. The number of nitrogens with one attached hydrogen (secondary N) is 1. The minimum Gasteiger partial charge on any atom is -0.477 e. The van der Waals surface area contributed by atoms with Gasteiger partial charge in [-0.25, -0.2) is 9.78 Å². The van der Waals surface area contributed by atoms with E-state index in [2.05, 4.69) is 10.3 Å². The zero-order valence-electron chi connectivity index (χ0n) is 11.3. The number of carbonyl (C=O) groups is 1. The first-order chi connectivity index (χ1) is 9.61. The van der Waals surface area contributed by atoms with Gasteiger partial charge in [0.25, 0.3) is 0 Å². The van der Waals surface area contributed by atoms with Crippen molar-refractivity contribution < 1.29 is 15.0 Å². The summed E-state index contributed by atoms with van der Waals surface area (Å²) in [6.07, 6.45) is 1.53. The first-order valence-corrected chi connectivity index (χ1v) is 6.62. The van der Waals surface area contributed by atoms with Gasteiger partial charge in [-0.05, 0) is 31.9 Å². The van der Waals surface area contributed by atoms with Gasteiger partial charge < -0.3 is 15.5 Å². The maximum atomic E-state index is 11.1. The summed E-state index contributed by atoms with van der Waals surface area (Å²) in [7, 11) is 0. The molecule has 0 amide bonds. The van der Waals surface area contributed by atoms with E-state index in [1.807, 2.05) is 25.1 Å². The number of aromatic carboxylic acids is 1. The van der Waals surface area contributed by atoms with Crippen LogP contribution in [0.2, 0.25) is 0 Å².